The van der Waals surface area contributed by atoms with E-state index >= 15 is 0 Å². The number of nitrogens with zero attached hydrogens (tertiary/aromatic N) is 1. The number of nitrogens with two attached hydrogens (primary N) is 1. The van der Waals surface area contributed by atoms with Crippen molar-refractivity contribution in [3.05, 3.63) is 78.0 Å². The summed E-state index contributed by atoms with van der Waals surface area (Å²) in [7, 11) is 0. The molecule has 4 heteroatoms. The zero-order chi connectivity index (χ0) is 15.2. The summed E-state index contributed by atoms with van der Waals surface area (Å²) < 4.78 is 0. The third-order valence-corrected chi connectivity index (χ3v) is 3.02. The van der Waals surface area contributed by atoms with Gasteiger partial charge in [-0.25, -0.2) is 0 Å². The first-order chi connectivity index (χ1) is 10.1. The molecule has 0 aliphatic carbocycles. The summed E-state index contributed by atoms with van der Waals surface area (Å²) in [4.78, 5) is 12.9. The Labute approximate surface area is 124 Å². The van der Waals surface area contributed by atoms with Gasteiger partial charge in [-0.3, -0.25) is 10.2 Å². The Hall–Kier alpha value is -2.88. The third-order valence-electron chi connectivity index (χ3n) is 3.02. The van der Waals surface area contributed by atoms with Crippen LogP contribution in [0.2, 0.25) is 0 Å². The molecule has 0 bridgehead atoms. The van der Waals surface area contributed by atoms with Crippen molar-refractivity contribution in [1.82, 2.24) is 0 Å². The third kappa shape index (κ3) is 3.36. The average molecular weight is 279 g/mol. The highest BCUT2D eigenvalue weighted by molar-refractivity contribution is 6.09. The van der Waals surface area contributed by atoms with Crippen molar-refractivity contribution in [3.63, 3.8) is 0 Å². The van der Waals surface area contributed by atoms with Crippen molar-refractivity contribution in [2.24, 2.45) is 5.73 Å². The van der Waals surface area contributed by atoms with Crippen molar-refractivity contribution in [2.45, 2.75) is 6.92 Å². The molecule has 0 saturated heterocycles. The summed E-state index contributed by atoms with van der Waals surface area (Å²) in [6, 6.07) is 16.3. The Balaban J connectivity index is 2.35. The van der Waals surface area contributed by atoms with E-state index in [1.165, 1.54) is 0 Å². The van der Waals surface area contributed by atoms with Gasteiger partial charge in [0.15, 0.2) is 0 Å². The number of nitrogens with one attached hydrogen (secondary N) is 1. The first-order valence-corrected chi connectivity index (χ1v) is 6.59. The fourth-order valence-corrected chi connectivity index (χ4v) is 1.96. The first-order valence-electron chi connectivity index (χ1n) is 6.59. The Kier molecular flexibility index (Phi) is 4.51. The molecule has 2 aromatic carbocycles. The number of primary amides is 1. The minimum absolute atomic E-state index is 0.362. The molecule has 106 valence electrons. The monoisotopic (exact) mass is 279 g/mol. The van der Waals surface area contributed by atoms with Crippen molar-refractivity contribution in [3.8, 4) is 0 Å². The first kappa shape index (κ1) is 14.5. The summed E-state index contributed by atoms with van der Waals surface area (Å²) >= 11 is 0. The highest BCUT2D eigenvalue weighted by Crippen LogP contribution is 2.18. The second-order valence-electron chi connectivity index (χ2n) is 4.48. The number of hydrogen-bond acceptors (Lipinski definition) is 2. The maximum atomic E-state index is 11.1. The number of rotatable bonds is 4. The van der Waals surface area contributed by atoms with Gasteiger partial charge in [0.05, 0.1) is 0 Å². The van der Waals surface area contributed by atoms with Crippen LogP contribution in [0, 0.1) is 5.41 Å². The van der Waals surface area contributed by atoms with E-state index in [-0.39, 0.29) is 0 Å². The van der Waals surface area contributed by atoms with Crippen LogP contribution in [0.4, 0.5) is 5.69 Å². The summed E-state index contributed by atoms with van der Waals surface area (Å²) in [6.45, 7) is 1.89. The molecule has 3 N–H and O–H groups in total. The van der Waals surface area contributed by atoms with E-state index in [0.717, 1.165) is 11.3 Å². The van der Waals surface area contributed by atoms with Crippen LogP contribution >= 0.6 is 0 Å². The number of carbonyl (C=O) groups excluding carboxylic acids is 1. The summed E-state index contributed by atoms with van der Waals surface area (Å²) in [5.41, 5.74) is 7.30. The maximum Gasteiger partial charge on any atom is 0.248 e. The van der Waals surface area contributed by atoms with Crippen molar-refractivity contribution in [1.29, 1.82) is 5.41 Å². The average Bonchev–Trinajstić information content (AvgIpc) is 2.53. The molecule has 0 aliphatic heterocycles. The smallest absolute Gasteiger partial charge is 0.248 e. The van der Waals surface area contributed by atoms with Crippen LogP contribution in [0.5, 0.6) is 0 Å². The van der Waals surface area contributed by atoms with Crippen LogP contribution in [-0.4, -0.2) is 11.7 Å². The molecule has 0 spiro atoms. The van der Waals surface area contributed by atoms with Gasteiger partial charge >= 0.3 is 0 Å². The Morgan fingerprint density at radius 3 is 2.19 bits per heavy atom. The van der Waals surface area contributed by atoms with Gasteiger partial charge in [-0.1, -0.05) is 36.4 Å². The predicted octanol–water partition coefficient (Wildman–Crippen LogP) is 3.15. The molecule has 0 heterocycles. The van der Waals surface area contributed by atoms with E-state index in [0.29, 0.717) is 11.4 Å². The SMILES string of the molecule is C/C=C/N(C(=N)c1ccccc1)c1ccc(C(N)=O)cc1. The molecule has 2 aromatic rings. The van der Waals surface area contributed by atoms with Gasteiger partial charge in [0.1, 0.15) is 5.84 Å². The number of benzene rings is 2. The van der Waals surface area contributed by atoms with E-state index < -0.39 is 5.91 Å². The number of anilines is 1. The van der Waals surface area contributed by atoms with Crippen molar-refractivity contribution in [2.75, 3.05) is 4.90 Å². The van der Waals surface area contributed by atoms with Crippen LogP contribution in [0.3, 0.4) is 0 Å². The quantitative estimate of drug-likeness (QED) is 0.666. The topological polar surface area (TPSA) is 70.2 Å². The number of amides is 1. The largest absolute Gasteiger partial charge is 0.366 e. The lowest BCUT2D eigenvalue weighted by atomic mass is 10.1. The van der Waals surface area contributed by atoms with E-state index in [1.807, 2.05) is 49.5 Å². The molecule has 1 amide bonds. The fourth-order valence-electron chi connectivity index (χ4n) is 1.96. The van der Waals surface area contributed by atoms with Crippen LogP contribution in [0.15, 0.2) is 66.9 Å². The molecule has 0 radical (unpaired) electrons. The molecule has 0 saturated carbocycles. The van der Waals surface area contributed by atoms with Crippen LogP contribution in [0.1, 0.15) is 22.8 Å². The molecule has 0 atom stereocenters. The molecule has 0 unspecified atom stereocenters. The van der Waals surface area contributed by atoms with E-state index in [1.54, 1.807) is 29.2 Å². The predicted molar refractivity (Wildman–Crippen MR) is 85.5 cm³/mol. The lowest BCUT2D eigenvalue weighted by Crippen LogP contribution is -2.25. The number of carbonyl (C=O) groups is 1. The number of amidine groups is 1. The van der Waals surface area contributed by atoms with Gasteiger partial charge in [-0.2, -0.15) is 0 Å². The van der Waals surface area contributed by atoms with Crippen LogP contribution < -0.4 is 10.6 Å². The van der Waals surface area contributed by atoms with Gasteiger partial charge in [-0.05, 0) is 31.2 Å². The van der Waals surface area contributed by atoms with Crippen LogP contribution in [-0.2, 0) is 0 Å². The second-order valence-corrected chi connectivity index (χ2v) is 4.48. The van der Waals surface area contributed by atoms with E-state index in [2.05, 4.69) is 0 Å². The lowest BCUT2D eigenvalue weighted by Gasteiger charge is -2.21. The van der Waals surface area contributed by atoms with Crippen molar-refractivity contribution < 1.29 is 4.79 Å². The molecular formula is C17H17N3O. The highest BCUT2D eigenvalue weighted by atomic mass is 16.1. The minimum Gasteiger partial charge on any atom is -0.366 e. The van der Waals surface area contributed by atoms with Gasteiger partial charge in [-0.15, -0.1) is 0 Å². The fraction of sp³-hybridized carbons (Fsp3) is 0.0588. The van der Waals surface area contributed by atoms with Gasteiger partial charge in [0, 0.05) is 23.0 Å². The normalized spacial score (nSPS) is 10.5. The Morgan fingerprint density at radius 1 is 1.05 bits per heavy atom. The summed E-state index contributed by atoms with van der Waals surface area (Å²) in [5.74, 6) is -0.0993. The Morgan fingerprint density at radius 2 is 1.67 bits per heavy atom. The molecular weight excluding hydrogens is 262 g/mol. The molecule has 0 fully saturated rings. The molecule has 21 heavy (non-hydrogen) atoms. The van der Waals surface area contributed by atoms with Gasteiger partial charge in [0.25, 0.3) is 0 Å². The zero-order valence-corrected chi connectivity index (χ0v) is 11.8. The molecule has 0 aromatic heterocycles. The summed E-state index contributed by atoms with van der Waals surface area (Å²) in [5, 5.41) is 8.35. The molecule has 2 rings (SSSR count). The standard InChI is InChI=1S/C17H17N3O/c1-2-12-20(16(18)13-6-4-3-5-7-13)15-10-8-14(9-11-15)17(19)21/h2-12,18H,1H3,(H2,19,21)/b12-2+,18-16?. The van der Waals surface area contributed by atoms with Crippen molar-refractivity contribution >= 4 is 17.4 Å². The molecule has 0 aliphatic rings. The second kappa shape index (κ2) is 6.52. The summed E-state index contributed by atoms with van der Waals surface area (Å²) in [6.07, 6.45) is 3.67. The molecule has 4 nitrogen and oxygen atoms in total. The van der Waals surface area contributed by atoms with E-state index in [4.69, 9.17) is 11.1 Å². The van der Waals surface area contributed by atoms with Gasteiger partial charge in [0.2, 0.25) is 5.91 Å². The minimum atomic E-state index is -0.461. The zero-order valence-electron chi connectivity index (χ0n) is 11.8. The van der Waals surface area contributed by atoms with Gasteiger partial charge < -0.3 is 10.6 Å². The highest BCUT2D eigenvalue weighted by Gasteiger charge is 2.11. The lowest BCUT2D eigenvalue weighted by molar-refractivity contribution is 0.100. The van der Waals surface area contributed by atoms with Crippen LogP contribution in [0.25, 0.3) is 0 Å². The number of hydrogen-bond donors (Lipinski definition) is 2. The number of allylic oxidation sites excluding steroid dienone is 1. The Bertz CT molecular complexity index is 660. The van der Waals surface area contributed by atoms with E-state index in [9.17, 15) is 4.79 Å². The maximum absolute atomic E-state index is 11.1.